The van der Waals surface area contributed by atoms with Crippen LogP contribution in [0.2, 0.25) is 0 Å². The van der Waals surface area contributed by atoms with Gasteiger partial charge < -0.3 is 33.9 Å². The number of para-hydroxylation sites is 1. The lowest BCUT2D eigenvalue weighted by Crippen LogP contribution is -2.81. The van der Waals surface area contributed by atoms with Crippen LogP contribution in [-0.2, 0) is 45.8 Å². The zero-order valence-corrected chi connectivity index (χ0v) is 34.7. The molecule has 1 aliphatic carbocycles. The number of methoxy groups -OCH3 is 3. The maximum Gasteiger partial charge on any atom is 0.344 e. The Morgan fingerprint density at radius 2 is 1.78 bits per heavy atom. The van der Waals surface area contributed by atoms with Gasteiger partial charge in [0.2, 0.25) is 5.60 Å². The monoisotopic (exact) mass is 792 g/mol. The Balaban J connectivity index is 1.37. The van der Waals surface area contributed by atoms with E-state index in [1.54, 1.807) is 7.11 Å². The highest BCUT2D eigenvalue weighted by Gasteiger charge is 2.80. The molecule has 12 nitrogen and oxygen atoms in total. The smallest absolute Gasteiger partial charge is 0.344 e. The first-order valence-electron chi connectivity index (χ1n) is 20.8. The van der Waals surface area contributed by atoms with Crippen molar-refractivity contribution in [2.75, 3.05) is 66.0 Å². The number of carbonyl (C=O) groups excluding carboxylic acids is 3. The van der Waals surface area contributed by atoms with Crippen molar-refractivity contribution in [3.63, 3.8) is 0 Å². The van der Waals surface area contributed by atoms with Gasteiger partial charge in [-0.05, 0) is 67.8 Å². The van der Waals surface area contributed by atoms with Crippen molar-refractivity contribution in [1.82, 2.24) is 14.8 Å². The number of nitrogens with one attached hydrogen (secondary N) is 1. The van der Waals surface area contributed by atoms with Gasteiger partial charge in [0.15, 0.2) is 6.10 Å². The molecular weight excluding hydrogens is 737 g/mol. The Labute approximate surface area is 340 Å². The van der Waals surface area contributed by atoms with E-state index in [1.807, 2.05) is 37.1 Å². The second-order valence-corrected chi connectivity index (χ2v) is 17.5. The van der Waals surface area contributed by atoms with Crippen LogP contribution in [0.5, 0.6) is 5.75 Å². The highest BCUT2D eigenvalue weighted by Crippen LogP contribution is 2.68. The summed E-state index contributed by atoms with van der Waals surface area (Å²) in [6, 6.07) is 11.2. The first-order chi connectivity index (χ1) is 27.9. The summed E-state index contributed by atoms with van der Waals surface area (Å²) < 4.78 is 24.0. The van der Waals surface area contributed by atoms with Crippen molar-refractivity contribution in [2.45, 2.75) is 87.5 Å². The molecule has 6 aliphatic rings. The Kier molecular flexibility index (Phi) is 9.18. The number of hydrogen-bond acceptors (Lipinski definition) is 11. The normalized spacial score (nSPS) is 34.7. The summed E-state index contributed by atoms with van der Waals surface area (Å²) in [7, 11) is 6.24. The highest BCUT2D eigenvalue weighted by molar-refractivity contribution is 5.95. The molecule has 6 heterocycles. The fourth-order valence-electron chi connectivity index (χ4n) is 13.0. The van der Waals surface area contributed by atoms with E-state index < -0.39 is 45.9 Å². The van der Waals surface area contributed by atoms with Gasteiger partial charge in [0, 0.05) is 90.9 Å². The number of ether oxygens (including phenoxy) is 4. The number of aromatic amines is 1. The predicted octanol–water partition coefficient (Wildman–Crippen LogP) is 4.80. The molecule has 1 aromatic heterocycles. The second kappa shape index (κ2) is 13.7. The maximum atomic E-state index is 15.3. The van der Waals surface area contributed by atoms with E-state index in [2.05, 4.69) is 58.1 Å². The molecule has 5 aliphatic heterocycles. The number of likely N-dealkylation sites (N-methyl/N-ethyl adjacent to an activating group) is 1. The van der Waals surface area contributed by atoms with E-state index in [1.165, 1.54) is 26.7 Å². The number of esters is 3. The average Bonchev–Trinajstić information content (AvgIpc) is 3.89. The number of anilines is 1. The molecule has 1 saturated heterocycles. The van der Waals surface area contributed by atoms with Gasteiger partial charge in [-0.25, -0.2) is 4.79 Å². The number of fused-ring (bicyclic) bond motifs is 6. The number of nitrogens with zero attached hydrogens (tertiary/aromatic N) is 3. The Hall–Kier alpha value is -4.65. The summed E-state index contributed by atoms with van der Waals surface area (Å²) in [5.41, 5.74) is 1.10. The van der Waals surface area contributed by atoms with E-state index in [0.717, 1.165) is 65.9 Å². The molecule has 12 heteroatoms. The van der Waals surface area contributed by atoms with Crippen LogP contribution >= 0.6 is 0 Å². The van der Waals surface area contributed by atoms with Gasteiger partial charge in [-0.15, -0.1) is 0 Å². The third kappa shape index (κ3) is 4.94. The van der Waals surface area contributed by atoms with Crippen molar-refractivity contribution in [3.8, 4) is 5.75 Å². The SMILES string of the molecule is CCC1=C[C@@H]2CN(CCc3c([nH]c4ccccc34)[C@@](C(=O)OC)(c3cc4c(cc3OC)N(C)C3[C@]45CCN4CC=C[C@](CC)([C@@H]45)[C@@H](OC(C)=O)[C@]3(O)C(=O)OC)C2)C1. The quantitative estimate of drug-likeness (QED) is 0.194. The topological polar surface area (TPSA) is 134 Å². The van der Waals surface area contributed by atoms with E-state index in [9.17, 15) is 14.7 Å². The third-order valence-corrected chi connectivity index (χ3v) is 15.1. The molecule has 9 atom stereocenters. The molecule has 2 fully saturated rings. The lowest BCUT2D eigenvalue weighted by molar-refractivity contribution is -0.228. The molecule has 1 saturated carbocycles. The summed E-state index contributed by atoms with van der Waals surface area (Å²) in [6.07, 6.45) is 8.43. The van der Waals surface area contributed by atoms with Crippen LogP contribution in [0.1, 0.15) is 68.8 Å². The molecular formula is C46H56N4O8. The van der Waals surface area contributed by atoms with Crippen molar-refractivity contribution in [3.05, 3.63) is 82.6 Å². The van der Waals surface area contributed by atoms with E-state index in [4.69, 9.17) is 18.9 Å². The fraction of sp³-hybridized carbons (Fsp3) is 0.543. The molecule has 9 rings (SSSR count). The molecule has 308 valence electrons. The molecule has 58 heavy (non-hydrogen) atoms. The molecule has 2 N–H and O–H groups in total. The number of aromatic nitrogens is 1. The first-order valence-corrected chi connectivity index (χ1v) is 20.8. The maximum absolute atomic E-state index is 15.3. The van der Waals surface area contributed by atoms with Crippen LogP contribution in [0.3, 0.4) is 0 Å². The molecule has 1 spiro atoms. The Morgan fingerprint density at radius 3 is 2.48 bits per heavy atom. The Morgan fingerprint density at radius 1 is 1.00 bits per heavy atom. The minimum atomic E-state index is -2.28. The molecule has 2 unspecified atom stereocenters. The zero-order valence-electron chi connectivity index (χ0n) is 34.7. The summed E-state index contributed by atoms with van der Waals surface area (Å²) in [5.74, 6) is -1.31. The van der Waals surface area contributed by atoms with Crippen molar-refractivity contribution < 1.29 is 38.4 Å². The van der Waals surface area contributed by atoms with Crippen LogP contribution in [0, 0.1) is 11.3 Å². The molecule has 3 aromatic rings. The van der Waals surface area contributed by atoms with Gasteiger partial charge in [-0.3, -0.25) is 19.4 Å². The fourth-order valence-corrected chi connectivity index (χ4v) is 13.0. The second-order valence-electron chi connectivity index (χ2n) is 17.5. The van der Waals surface area contributed by atoms with Crippen molar-refractivity contribution in [2.24, 2.45) is 11.3 Å². The van der Waals surface area contributed by atoms with Crippen molar-refractivity contribution >= 4 is 34.5 Å². The first kappa shape index (κ1) is 38.8. The third-order valence-electron chi connectivity index (χ3n) is 15.1. The lowest BCUT2D eigenvalue weighted by Gasteiger charge is -2.63. The van der Waals surface area contributed by atoms with Crippen LogP contribution in [0.25, 0.3) is 10.9 Å². The van der Waals surface area contributed by atoms with Gasteiger partial charge in [0.1, 0.15) is 11.2 Å². The van der Waals surface area contributed by atoms with Crippen molar-refractivity contribution in [1.29, 1.82) is 0 Å². The summed E-state index contributed by atoms with van der Waals surface area (Å²) in [4.78, 5) is 53.4. The number of hydrogen-bond donors (Lipinski definition) is 2. The van der Waals surface area contributed by atoms with E-state index >= 15 is 4.79 Å². The number of aliphatic hydroxyl groups is 1. The summed E-state index contributed by atoms with van der Waals surface area (Å²) in [5, 5.41) is 14.4. The van der Waals surface area contributed by atoms with Gasteiger partial charge in [0.25, 0.3) is 0 Å². The van der Waals surface area contributed by atoms with Gasteiger partial charge >= 0.3 is 17.9 Å². The molecule has 0 radical (unpaired) electrons. The zero-order chi connectivity index (χ0) is 40.9. The standard InChI is InChI=1S/C46H56N4O8/c1-8-28-21-29-24-45(41(52)56-6,37-31(15-19-49(25-28)26-29)30-13-10-11-14-34(30)47-37)33-22-32-35(23-36(33)55-5)48(4)39-44(32)17-20-50-18-12-16-43(9-2,38(44)50)40(58-27(3)51)46(39,54)42(53)57-7/h10-14,16,21-23,29,38-40,47,54H,8-9,15,17-20,24-26H2,1-7H3/t29-,38+,39?,40+,43+,44+,45-,46-/m0/s1. The summed E-state index contributed by atoms with van der Waals surface area (Å²) >= 11 is 0. The largest absolute Gasteiger partial charge is 0.496 e. The highest BCUT2D eigenvalue weighted by atomic mass is 16.6. The lowest BCUT2D eigenvalue weighted by atomic mass is 9.47. The van der Waals surface area contributed by atoms with Crippen LogP contribution in [-0.4, -0.2) is 123 Å². The van der Waals surface area contributed by atoms with E-state index in [-0.39, 0.29) is 17.9 Å². The summed E-state index contributed by atoms with van der Waals surface area (Å²) in [6.45, 7) is 9.44. The Bertz CT molecular complexity index is 2270. The number of carbonyl (C=O) groups is 3. The minimum absolute atomic E-state index is 0.0217. The van der Waals surface area contributed by atoms with Crippen LogP contribution in [0.4, 0.5) is 5.69 Å². The minimum Gasteiger partial charge on any atom is -0.496 e. The van der Waals surface area contributed by atoms with Crippen LogP contribution in [0.15, 0.2) is 60.2 Å². The molecule has 2 aromatic carbocycles. The van der Waals surface area contributed by atoms with Crippen LogP contribution < -0.4 is 9.64 Å². The number of benzene rings is 2. The van der Waals surface area contributed by atoms with Gasteiger partial charge in [-0.2, -0.15) is 0 Å². The number of H-pyrrole nitrogens is 1. The molecule has 2 bridgehead atoms. The van der Waals surface area contributed by atoms with Gasteiger partial charge in [0.05, 0.1) is 27.4 Å². The average molecular weight is 793 g/mol. The molecule has 0 amide bonds. The number of rotatable bonds is 7. The van der Waals surface area contributed by atoms with E-state index in [0.29, 0.717) is 43.7 Å². The van der Waals surface area contributed by atoms with Gasteiger partial charge in [-0.1, -0.05) is 55.8 Å². The predicted molar refractivity (Wildman–Crippen MR) is 219 cm³/mol.